The van der Waals surface area contributed by atoms with Gasteiger partial charge in [0.1, 0.15) is 15.8 Å². The number of hydrogen-bond acceptors (Lipinski definition) is 9. The summed E-state index contributed by atoms with van der Waals surface area (Å²) in [4.78, 5) is 7.34. The van der Waals surface area contributed by atoms with Crippen molar-refractivity contribution in [3.63, 3.8) is 0 Å². The second-order valence-corrected chi connectivity index (χ2v) is 12.3. The summed E-state index contributed by atoms with van der Waals surface area (Å²) < 4.78 is 28.8. The first-order valence-corrected chi connectivity index (χ1v) is 13.2. The second-order valence-electron chi connectivity index (χ2n) is 8.92. The van der Waals surface area contributed by atoms with Crippen molar-refractivity contribution in [2.45, 2.75) is 29.6 Å². The number of anilines is 3. The molecule has 2 aliphatic heterocycles. The van der Waals surface area contributed by atoms with Crippen LogP contribution in [0.2, 0.25) is 0 Å². The van der Waals surface area contributed by atoms with Crippen LogP contribution in [-0.2, 0) is 10.0 Å². The molecule has 3 N–H and O–H groups in total. The molecule has 34 heavy (non-hydrogen) atoms. The molecule has 2 aliphatic rings. The van der Waals surface area contributed by atoms with Crippen molar-refractivity contribution in [3.05, 3.63) is 36.3 Å². The number of nitrogens with one attached hydrogen (secondary N) is 3. The predicted octanol–water partition coefficient (Wildman–Crippen LogP) is 2.03. The highest BCUT2D eigenvalue weighted by molar-refractivity contribution is 7.91. The number of piperazine rings is 1. The van der Waals surface area contributed by atoms with Gasteiger partial charge in [-0.3, -0.25) is 5.10 Å². The number of fused-ring (bicyclic) bond motifs is 3. The molecule has 6 rings (SSSR count). The third-order valence-electron chi connectivity index (χ3n) is 6.46. The van der Waals surface area contributed by atoms with Gasteiger partial charge in [0.15, 0.2) is 5.65 Å². The Kier molecular flexibility index (Phi) is 4.92. The lowest BCUT2D eigenvalue weighted by Crippen LogP contribution is -2.44. The summed E-state index contributed by atoms with van der Waals surface area (Å²) >= 11 is 1.21. The average molecular weight is 500 g/mol. The normalized spacial score (nSPS) is 20.2. The van der Waals surface area contributed by atoms with Crippen molar-refractivity contribution >= 4 is 43.6 Å². The molecule has 13 heteroatoms. The van der Waals surface area contributed by atoms with Crippen LogP contribution in [0, 0.1) is 6.92 Å². The molecule has 0 radical (unpaired) electrons. The smallest absolute Gasteiger partial charge is 0.252 e. The zero-order valence-electron chi connectivity index (χ0n) is 19.0. The van der Waals surface area contributed by atoms with Crippen LogP contribution in [-0.4, -0.2) is 76.8 Å². The highest BCUT2D eigenvalue weighted by atomic mass is 32.2. The van der Waals surface area contributed by atoms with Crippen LogP contribution >= 0.6 is 11.3 Å². The largest absolute Gasteiger partial charge is 0.351 e. The summed E-state index contributed by atoms with van der Waals surface area (Å²) in [5.74, 6) is 1.60. The van der Waals surface area contributed by atoms with Crippen LogP contribution in [0.5, 0.6) is 0 Å². The molecule has 2 atom stereocenters. The van der Waals surface area contributed by atoms with Crippen molar-refractivity contribution in [3.8, 4) is 11.1 Å². The van der Waals surface area contributed by atoms with Gasteiger partial charge in [-0.1, -0.05) is 0 Å². The SMILES string of the molecule is Cc1cc(Nc2cc(N3C[C@@H]4C[C@H]3CN4)nc3c(-c4cn[nH]c4)cnn23)sc1S(=O)(=O)N(C)C. The van der Waals surface area contributed by atoms with E-state index in [1.165, 1.54) is 15.6 Å². The van der Waals surface area contributed by atoms with E-state index in [0.29, 0.717) is 27.5 Å². The third-order valence-corrected chi connectivity index (χ3v) is 10.0. The lowest BCUT2D eigenvalue weighted by Gasteiger charge is -2.29. The lowest BCUT2D eigenvalue weighted by atomic mass is 10.2. The van der Waals surface area contributed by atoms with Crippen molar-refractivity contribution in [1.82, 2.24) is 34.4 Å². The Hall–Kier alpha value is -3.00. The molecule has 2 saturated heterocycles. The fraction of sp³-hybridized carbons (Fsp3) is 0.381. The van der Waals surface area contributed by atoms with E-state index in [-0.39, 0.29) is 0 Å². The molecule has 2 fully saturated rings. The maximum absolute atomic E-state index is 12.7. The Morgan fingerprint density at radius 1 is 1.26 bits per heavy atom. The van der Waals surface area contributed by atoms with Crippen LogP contribution in [0.3, 0.4) is 0 Å². The Bertz CT molecular complexity index is 1470. The van der Waals surface area contributed by atoms with Crippen LogP contribution in [0.15, 0.2) is 34.9 Å². The number of sulfonamides is 1. The summed E-state index contributed by atoms with van der Waals surface area (Å²) in [6.45, 7) is 3.67. The molecular weight excluding hydrogens is 474 g/mol. The summed E-state index contributed by atoms with van der Waals surface area (Å²) in [6, 6.07) is 4.75. The highest BCUT2D eigenvalue weighted by Gasteiger charge is 2.38. The zero-order chi connectivity index (χ0) is 23.6. The summed E-state index contributed by atoms with van der Waals surface area (Å²) in [6.07, 6.45) is 6.46. The van der Waals surface area contributed by atoms with E-state index in [2.05, 4.69) is 30.8 Å². The zero-order valence-corrected chi connectivity index (χ0v) is 20.6. The van der Waals surface area contributed by atoms with Crippen LogP contribution in [0.25, 0.3) is 16.8 Å². The van der Waals surface area contributed by atoms with Crippen LogP contribution < -0.4 is 15.5 Å². The van der Waals surface area contributed by atoms with E-state index >= 15 is 0 Å². The van der Waals surface area contributed by atoms with Gasteiger partial charge < -0.3 is 15.5 Å². The van der Waals surface area contributed by atoms with Gasteiger partial charge in [-0.15, -0.1) is 11.3 Å². The summed E-state index contributed by atoms with van der Waals surface area (Å²) in [5.41, 5.74) is 3.20. The summed E-state index contributed by atoms with van der Waals surface area (Å²) in [7, 11) is -0.439. The molecule has 4 aromatic heterocycles. The van der Waals surface area contributed by atoms with Gasteiger partial charge in [0.2, 0.25) is 0 Å². The first-order chi connectivity index (χ1) is 16.3. The maximum Gasteiger partial charge on any atom is 0.252 e. The van der Waals surface area contributed by atoms with Gasteiger partial charge in [0, 0.05) is 62.7 Å². The Labute approximate surface area is 200 Å². The average Bonchev–Trinajstić information content (AvgIpc) is 3.61. The predicted molar refractivity (Wildman–Crippen MR) is 131 cm³/mol. The van der Waals surface area contributed by atoms with E-state index in [9.17, 15) is 8.42 Å². The van der Waals surface area contributed by atoms with Gasteiger partial charge >= 0.3 is 0 Å². The first-order valence-electron chi connectivity index (χ1n) is 11.0. The number of aromatic amines is 1. The molecule has 0 unspecified atom stereocenters. The molecule has 11 nitrogen and oxygen atoms in total. The molecule has 178 valence electrons. The molecule has 0 spiro atoms. The number of rotatable bonds is 6. The van der Waals surface area contributed by atoms with E-state index in [1.54, 1.807) is 31.0 Å². The quantitative estimate of drug-likeness (QED) is 0.368. The monoisotopic (exact) mass is 499 g/mol. The topological polar surface area (TPSA) is 124 Å². The maximum atomic E-state index is 12.7. The lowest BCUT2D eigenvalue weighted by molar-refractivity contribution is 0.522. The molecule has 6 heterocycles. The minimum Gasteiger partial charge on any atom is -0.351 e. The third kappa shape index (κ3) is 3.38. The number of hydrogen-bond donors (Lipinski definition) is 3. The van der Waals surface area contributed by atoms with Gasteiger partial charge in [-0.2, -0.15) is 14.7 Å². The number of H-pyrrole nitrogens is 1. The van der Waals surface area contributed by atoms with Gasteiger partial charge in [0.05, 0.1) is 17.4 Å². The van der Waals surface area contributed by atoms with Crippen molar-refractivity contribution in [2.75, 3.05) is 37.4 Å². The van der Waals surface area contributed by atoms with Crippen LogP contribution in [0.4, 0.5) is 16.6 Å². The number of aryl methyl sites for hydroxylation is 1. The van der Waals surface area contributed by atoms with Crippen LogP contribution in [0.1, 0.15) is 12.0 Å². The van der Waals surface area contributed by atoms with Crippen molar-refractivity contribution in [2.24, 2.45) is 0 Å². The molecular formula is C21H25N9O2S2. The minimum atomic E-state index is -3.52. The Morgan fingerprint density at radius 3 is 2.79 bits per heavy atom. The van der Waals surface area contributed by atoms with Gasteiger partial charge in [0.25, 0.3) is 10.0 Å². The highest BCUT2D eigenvalue weighted by Crippen LogP contribution is 2.37. The molecule has 0 aromatic carbocycles. The number of nitrogens with zero attached hydrogens (tertiary/aromatic N) is 6. The minimum absolute atomic E-state index is 0.327. The number of thiophene rings is 1. The van der Waals surface area contributed by atoms with Crippen molar-refractivity contribution in [1.29, 1.82) is 0 Å². The number of aromatic nitrogens is 5. The van der Waals surface area contributed by atoms with Gasteiger partial charge in [-0.05, 0) is 25.0 Å². The fourth-order valence-corrected chi connectivity index (χ4v) is 7.45. The van der Waals surface area contributed by atoms with E-state index in [4.69, 9.17) is 4.98 Å². The molecule has 4 aromatic rings. The summed E-state index contributed by atoms with van der Waals surface area (Å²) in [5, 5.41) is 19.2. The van der Waals surface area contributed by atoms with E-state index in [1.807, 2.05) is 25.3 Å². The fourth-order valence-electron chi connectivity index (χ4n) is 4.70. The molecule has 0 saturated carbocycles. The van der Waals surface area contributed by atoms with Gasteiger partial charge in [-0.25, -0.2) is 17.7 Å². The Morgan fingerprint density at radius 2 is 2.12 bits per heavy atom. The standard InChI is InChI=1S/C21H25N9O2S2/c1-12-4-19(33-21(12)34(31,32)28(2)3)26-18-6-17(29-11-14-5-15(29)9-22-14)27-20-16(10-25-30(18)20)13-7-23-24-8-13/h4,6-8,10,14-15,22,26H,5,9,11H2,1-3H3,(H,23,24)/t14-,15-/m0/s1. The van der Waals surface area contributed by atoms with Crippen molar-refractivity contribution < 1.29 is 8.42 Å². The van der Waals surface area contributed by atoms with E-state index < -0.39 is 10.0 Å². The second kappa shape index (κ2) is 7.77. The molecule has 0 amide bonds. The Balaban J connectivity index is 1.45. The molecule has 0 aliphatic carbocycles. The first kappa shape index (κ1) is 21.5. The molecule has 2 bridgehead atoms. The van der Waals surface area contributed by atoms with E-state index in [0.717, 1.165) is 47.3 Å².